The topological polar surface area (TPSA) is 57.7 Å². The number of fused-ring (bicyclic) bond motifs is 1. The Hall–Kier alpha value is -2.34. The molecule has 1 heterocycles. The third-order valence-corrected chi connectivity index (χ3v) is 7.24. The van der Waals surface area contributed by atoms with Crippen molar-refractivity contribution >= 4 is 21.6 Å². The Morgan fingerprint density at radius 1 is 1.15 bits per heavy atom. The maximum Gasteiger partial charge on any atom is 0.254 e. The Bertz CT molecular complexity index is 955. The number of hydrogen-bond donors (Lipinski definition) is 0. The Morgan fingerprint density at radius 2 is 1.96 bits per heavy atom. The summed E-state index contributed by atoms with van der Waals surface area (Å²) in [4.78, 5) is 14.8. The molecule has 0 spiro atoms. The zero-order valence-electron chi connectivity index (χ0n) is 14.8. The highest BCUT2D eigenvalue weighted by molar-refractivity contribution is 7.93. The van der Waals surface area contributed by atoms with Crippen LogP contribution in [0.1, 0.15) is 40.4 Å². The number of amides is 1. The van der Waals surface area contributed by atoms with E-state index in [1.54, 1.807) is 29.2 Å². The predicted octanol–water partition coefficient (Wildman–Crippen LogP) is 2.99. The van der Waals surface area contributed by atoms with Gasteiger partial charge in [-0.3, -0.25) is 9.10 Å². The van der Waals surface area contributed by atoms with Crippen molar-refractivity contribution < 1.29 is 13.2 Å². The second kappa shape index (κ2) is 6.43. The molecule has 2 aliphatic rings. The van der Waals surface area contributed by atoms with Crippen molar-refractivity contribution in [3.63, 3.8) is 0 Å². The molecule has 1 aliphatic heterocycles. The number of hydrogen-bond acceptors (Lipinski definition) is 3. The van der Waals surface area contributed by atoms with E-state index in [0.29, 0.717) is 24.2 Å². The standard InChI is InChI=1S/C20H22N2O3S/c1-21(19-11-10-15-6-2-3-9-18(15)19)20(23)16-7-4-8-17(14-16)22-12-5-13-26(22,24)25/h2-4,6-9,14,19H,5,10-13H2,1H3. The zero-order chi connectivity index (χ0) is 18.3. The van der Waals surface area contributed by atoms with E-state index in [-0.39, 0.29) is 17.7 Å². The molecule has 0 bridgehead atoms. The van der Waals surface area contributed by atoms with Gasteiger partial charge in [0.2, 0.25) is 10.0 Å². The summed E-state index contributed by atoms with van der Waals surface area (Å²) in [6.45, 7) is 0.478. The van der Waals surface area contributed by atoms with E-state index in [2.05, 4.69) is 12.1 Å². The fourth-order valence-electron chi connectivity index (χ4n) is 4.01. The Balaban J connectivity index is 1.60. The van der Waals surface area contributed by atoms with Gasteiger partial charge in [-0.15, -0.1) is 0 Å². The lowest BCUT2D eigenvalue weighted by molar-refractivity contribution is 0.0730. The van der Waals surface area contributed by atoms with Gasteiger partial charge in [-0.2, -0.15) is 0 Å². The van der Waals surface area contributed by atoms with Gasteiger partial charge in [0, 0.05) is 19.2 Å². The van der Waals surface area contributed by atoms with E-state index in [1.165, 1.54) is 15.4 Å². The monoisotopic (exact) mass is 370 g/mol. The Morgan fingerprint density at radius 3 is 2.73 bits per heavy atom. The number of carbonyl (C=O) groups is 1. The summed E-state index contributed by atoms with van der Waals surface area (Å²) in [6, 6.07) is 15.3. The minimum absolute atomic E-state index is 0.0675. The number of benzene rings is 2. The van der Waals surface area contributed by atoms with Gasteiger partial charge in [0.15, 0.2) is 0 Å². The van der Waals surface area contributed by atoms with Crippen molar-refractivity contribution in [2.45, 2.75) is 25.3 Å². The number of aryl methyl sites for hydroxylation is 1. The highest BCUT2D eigenvalue weighted by Gasteiger charge is 2.31. The second-order valence-electron chi connectivity index (χ2n) is 6.96. The molecule has 4 rings (SSSR count). The predicted molar refractivity (Wildman–Crippen MR) is 102 cm³/mol. The molecular formula is C20H22N2O3S. The van der Waals surface area contributed by atoms with Crippen molar-refractivity contribution in [2.24, 2.45) is 0 Å². The zero-order valence-corrected chi connectivity index (χ0v) is 15.6. The number of sulfonamides is 1. The molecule has 0 N–H and O–H groups in total. The maximum absolute atomic E-state index is 13.0. The van der Waals surface area contributed by atoms with Crippen LogP contribution >= 0.6 is 0 Å². The highest BCUT2D eigenvalue weighted by atomic mass is 32.2. The number of anilines is 1. The molecule has 2 aromatic carbocycles. The quantitative estimate of drug-likeness (QED) is 0.835. The average Bonchev–Trinajstić information content (AvgIpc) is 3.23. The van der Waals surface area contributed by atoms with Gasteiger partial charge in [0.25, 0.3) is 5.91 Å². The van der Waals surface area contributed by atoms with Gasteiger partial charge in [0.05, 0.1) is 17.5 Å². The third-order valence-electron chi connectivity index (χ3n) is 5.37. The van der Waals surface area contributed by atoms with Crippen molar-refractivity contribution in [3.8, 4) is 0 Å². The van der Waals surface area contributed by atoms with Crippen LogP contribution in [0.5, 0.6) is 0 Å². The summed E-state index contributed by atoms with van der Waals surface area (Å²) in [7, 11) is -1.42. The highest BCUT2D eigenvalue weighted by Crippen LogP contribution is 2.35. The van der Waals surface area contributed by atoms with E-state index in [0.717, 1.165) is 12.8 Å². The summed E-state index contributed by atoms with van der Waals surface area (Å²) in [5.41, 5.74) is 3.61. The summed E-state index contributed by atoms with van der Waals surface area (Å²) in [6.07, 6.45) is 2.52. The van der Waals surface area contributed by atoms with Gasteiger partial charge < -0.3 is 4.90 Å². The van der Waals surface area contributed by atoms with E-state index in [1.807, 2.05) is 19.2 Å². The van der Waals surface area contributed by atoms with Crippen molar-refractivity contribution in [1.29, 1.82) is 0 Å². The summed E-state index contributed by atoms with van der Waals surface area (Å²) >= 11 is 0. The van der Waals surface area contributed by atoms with E-state index in [4.69, 9.17) is 0 Å². The van der Waals surface area contributed by atoms with Gasteiger partial charge in [0.1, 0.15) is 0 Å². The molecule has 1 atom stereocenters. The molecule has 1 aliphatic carbocycles. The van der Waals surface area contributed by atoms with Crippen LogP contribution in [0.25, 0.3) is 0 Å². The fraction of sp³-hybridized carbons (Fsp3) is 0.350. The lowest BCUT2D eigenvalue weighted by Crippen LogP contribution is -2.30. The minimum Gasteiger partial charge on any atom is -0.335 e. The van der Waals surface area contributed by atoms with Gasteiger partial charge in [-0.1, -0.05) is 30.3 Å². The molecular weight excluding hydrogens is 348 g/mol. The molecule has 0 aromatic heterocycles. The first kappa shape index (κ1) is 17.1. The molecule has 2 aromatic rings. The van der Waals surface area contributed by atoms with Crippen LogP contribution in [-0.2, 0) is 16.4 Å². The molecule has 5 nitrogen and oxygen atoms in total. The Kier molecular flexibility index (Phi) is 4.23. The van der Waals surface area contributed by atoms with Crippen LogP contribution in [0, 0.1) is 0 Å². The summed E-state index contributed by atoms with van der Waals surface area (Å²) in [5, 5.41) is 0. The molecule has 0 radical (unpaired) electrons. The van der Waals surface area contributed by atoms with E-state index in [9.17, 15) is 13.2 Å². The van der Waals surface area contributed by atoms with E-state index >= 15 is 0 Å². The van der Waals surface area contributed by atoms with Crippen LogP contribution in [0.3, 0.4) is 0 Å². The van der Waals surface area contributed by atoms with Gasteiger partial charge in [-0.25, -0.2) is 8.42 Å². The van der Waals surface area contributed by atoms with Crippen LogP contribution in [0.15, 0.2) is 48.5 Å². The molecule has 136 valence electrons. The smallest absolute Gasteiger partial charge is 0.254 e. The van der Waals surface area contributed by atoms with Crippen LogP contribution in [-0.4, -0.2) is 38.6 Å². The second-order valence-corrected chi connectivity index (χ2v) is 8.97. The van der Waals surface area contributed by atoms with Gasteiger partial charge >= 0.3 is 0 Å². The van der Waals surface area contributed by atoms with Crippen molar-refractivity contribution in [3.05, 3.63) is 65.2 Å². The molecule has 1 fully saturated rings. The summed E-state index contributed by atoms with van der Waals surface area (Å²) < 4.78 is 25.7. The SMILES string of the molecule is CN(C(=O)c1cccc(N2CCCS2(=O)=O)c1)C1CCc2ccccc21. The van der Waals surface area contributed by atoms with Crippen molar-refractivity contribution in [1.82, 2.24) is 4.90 Å². The van der Waals surface area contributed by atoms with Crippen LogP contribution < -0.4 is 4.31 Å². The Labute approximate surface area is 154 Å². The first-order chi connectivity index (χ1) is 12.5. The van der Waals surface area contributed by atoms with Gasteiger partial charge in [-0.05, 0) is 48.6 Å². The third kappa shape index (κ3) is 2.88. The minimum atomic E-state index is -3.25. The largest absolute Gasteiger partial charge is 0.335 e. The first-order valence-corrected chi connectivity index (χ1v) is 10.5. The fourth-order valence-corrected chi connectivity index (χ4v) is 5.56. The average molecular weight is 370 g/mol. The molecule has 0 saturated carbocycles. The van der Waals surface area contributed by atoms with Crippen LogP contribution in [0.4, 0.5) is 5.69 Å². The molecule has 1 amide bonds. The molecule has 6 heteroatoms. The first-order valence-electron chi connectivity index (χ1n) is 8.93. The molecule has 1 saturated heterocycles. The van der Waals surface area contributed by atoms with Crippen molar-refractivity contribution in [2.75, 3.05) is 23.7 Å². The molecule has 1 unspecified atom stereocenters. The lowest BCUT2D eigenvalue weighted by atomic mass is 10.1. The normalized spacial score (nSPS) is 20.8. The van der Waals surface area contributed by atoms with Crippen LogP contribution in [0.2, 0.25) is 0 Å². The molecule has 26 heavy (non-hydrogen) atoms. The van der Waals surface area contributed by atoms with E-state index < -0.39 is 10.0 Å². The lowest BCUT2D eigenvalue weighted by Gasteiger charge is -2.26. The summed E-state index contributed by atoms with van der Waals surface area (Å²) in [5.74, 6) is 0.0920. The number of nitrogens with zero attached hydrogens (tertiary/aromatic N) is 2. The maximum atomic E-state index is 13.0. The number of rotatable bonds is 3. The number of carbonyl (C=O) groups excluding carboxylic acids is 1.